The van der Waals surface area contributed by atoms with Crippen molar-refractivity contribution in [2.24, 2.45) is 0 Å². The fourth-order valence-electron chi connectivity index (χ4n) is 3.83. The monoisotopic (exact) mass is 397 g/mol. The number of fused-ring (bicyclic) bond motifs is 3. The smallest absolute Gasteiger partial charge is 0.407 e. The van der Waals surface area contributed by atoms with Crippen molar-refractivity contribution in [1.29, 1.82) is 0 Å². The standard InChI is InChI=1S/C16H17ClFN5O4/c17-13-11(18)12-10(5-19-13)14(21-15(20-12)27-4-3-24)22-6-8-1-2-9(7-22)23(8)16(25)26/h5,8-9,24H,1-4,6-7H2,(H,25,26). The topological polar surface area (TPSA) is 112 Å². The first-order valence-corrected chi connectivity index (χ1v) is 8.89. The van der Waals surface area contributed by atoms with E-state index in [1.807, 2.05) is 4.90 Å². The van der Waals surface area contributed by atoms with Gasteiger partial charge >= 0.3 is 12.1 Å². The Hall–Kier alpha value is -2.46. The Kier molecular flexibility index (Phi) is 4.60. The summed E-state index contributed by atoms with van der Waals surface area (Å²) in [5.41, 5.74) is -0.0269. The van der Waals surface area contributed by atoms with Crippen LogP contribution in [-0.4, -0.2) is 74.5 Å². The molecule has 2 saturated heterocycles. The lowest BCUT2D eigenvalue weighted by Crippen LogP contribution is -2.55. The summed E-state index contributed by atoms with van der Waals surface area (Å²) in [6.07, 6.45) is 2.00. The van der Waals surface area contributed by atoms with E-state index in [0.717, 1.165) is 12.8 Å². The first-order chi connectivity index (χ1) is 13.0. The Bertz CT molecular complexity index is 887. The molecule has 0 radical (unpaired) electrons. The van der Waals surface area contributed by atoms with Gasteiger partial charge in [-0.1, -0.05) is 11.6 Å². The maximum absolute atomic E-state index is 14.5. The summed E-state index contributed by atoms with van der Waals surface area (Å²) in [4.78, 5) is 27.1. The molecule has 2 bridgehead atoms. The number of amides is 1. The molecule has 0 saturated carbocycles. The van der Waals surface area contributed by atoms with E-state index in [-0.39, 0.29) is 42.0 Å². The minimum atomic E-state index is -0.929. The molecule has 0 aromatic carbocycles. The molecule has 2 N–H and O–H groups in total. The third kappa shape index (κ3) is 3.08. The number of aromatic nitrogens is 3. The zero-order valence-electron chi connectivity index (χ0n) is 14.2. The Morgan fingerprint density at radius 1 is 1.33 bits per heavy atom. The van der Waals surface area contributed by atoms with Crippen LogP contribution in [0.15, 0.2) is 6.20 Å². The average Bonchev–Trinajstić information content (AvgIpc) is 2.93. The molecular weight excluding hydrogens is 381 g/mol. The van der Waals surface area contributed by atoms with Crippen molar-refractivity contribution in [3.8, 4) is 6.01 Å². The van der Waals surface area contributed by atoms with E-state index in [1.54, 1.807) is 0 Å². The van der Waals surface area contributed by atoms with Crippen molar-refractivity contribution in [3.63, 3.8) is 0 Å². The number of aliphatic hydroxyl groups is 1. The van der Waals surface area contributed by atoms with E-state index >= 15 is 0 Å². The van der Waals surface area contributed by atoms with E-state index in [4.69, 9.17) is 21.4 Å². The lowest BCUT2D eigenvalue weighted by Gasteiger charge is -2.40. The molecule has 2 atom stereocenters. The van der Waals surface area contributed by atoms with Crippen LogP contribution in [0.2, 0.25) is 5.15 Å². The SMILES string of the molecule is O=C(O)N1C2CCC1CN(c1nc(OCCO)nc3c(F)c(Cl)ncc13)C2. The number of aliphatic hydroxyl groups excluding tert-OH is 1. The Morgan fingerprint density at radius 2 is 2.04 bits per heavy atom. The second-order valence-electron chi connectivity index (χ2n) is 6.51. The van der Waals surface area contributed by atoms with Crippen molar-refractivity contribution in [2.45, 2.75) is 24.9 Å². The van der Waals surface area contributed by atoms with E-state index in [1.165, 1.54) is 11.1 Å². The van der Waals surface area contributed by atoms with Gasteiger partial charge in [0.25, 0.3) is 0 Å². The van der Waals surface area contributed by atoms with Crippen LogP contribution in [0.5, 0.6) is 6.01 Å². The maximum atomic E-state index is 14.5. The summed E-state index contributed by atoms with van der Waals surface area (Å²) in [5.74, 6) is -0.364. The zero-order valence-corrected chi connectivity index (χ0v) is 14.9. The molecule has 4 rings (SSSR count). The van der Waals surface area contributed by atoms with Gasteiger partial charge in [-0.15, -0.1) is 0 Å². The van der Waals surface area contributed by atoms with Crippen LogP contribution in [-0.2, 0) is 0 Å². The molecule has 2 aliphatic heterocycles. The second kappa shape index (κ2) is 6.93. The molecule has 2 fully saturated rings. The summed E-state index contributed by atoms with van der Waals surface area (Å²) < 4.78 is 19.8. The Labute approximate surface area is 158 Å². The van der Waals surface area contributed by atoms with Crippen LogP contribution in [0.3, 0.4) is 0 Å². The van der Waals surface area contributed by atoms with Gasteiger partial charge < -0.3 is 19.8 Å². The first kappa shape index (κ1) is 17.9. The Morgan fingerprint density at radius 3 is 2.67 bits per heavy atom. The van der Waals surface area contributed by atoms with E-state index in [9.17, 15) is 14.3 Å². The number of carbonyl (C=O) groups is 1. The highest BCUT2D eigenvalue weighted by Gasteiger charge is 2.43. The minimum Gasteiger partial charge on any atom is -0.465 e. The van der Waals surface area contributed by atoms with Crippen LogP contribution in [0, 0.1) is 5.82 Å². The summed E-state index contributed by atoms with van der Waals surface area (Å²) in [6.45, 7) is 0.582. The number of nitrogens with zero attached hydrogens (tertiary/aromatic N) is 5. The van der Waals surface area contributed by atoms with Crippen molar-refractivity contribution in [2.75, 3.05) is 31.2 Å². The molecule has 2 unspecified atom stereocenters. The second-order valence-corrected chi connectivity index (χ2v) is 6.86. The number of rotatable bonds is 4. The van der Waals surface area contributed by atoms with Crippen LogP contribution in [0.1, 0.15) is 12.8 Å². The van der Waals surface area contributed by atoms with Crippen molar-refractivity contribution in [1.82, 2.24) is 19.9 Å². The molecule has 0 aliphatic carbocycles. The van der Waals surface area contributed by atoms with Crippen LogP contribution in [0.4, 0.5) is 15.0 Å². The fraction of sp³-hybridized carbons (Fsp3) is 0.500. The summed E-state index contributed by atoms with van der Waals surface area (Å²) >= 11 is 5.78. The zero-order chi connectivity index (χ0) is 19.1. The number of ether oxygens (including phenoxy) is 1. The number of hydrogen-bond acceptors (Lipinski definition) is 7. The van der Waals surface area contributed by atoms with Gasteiger partial charge in [-0.25, -0.2) is 14.2 Å². The van der Waals surface area contributed by atoms with Crippen molar-refractivity contribution < 1.29 is 24.1 Å². The first-order valence-electron chi connectivity index (χ1n) is 8.51. The van der Waals surface area contributed by atoms with Gasteiger partial charge in [-0.3, -0.25) is 4.90 Å². The number of pyridine rings is 1. The Balaban J connectivity index is 1.77. The van der Waals surface area contributed by atoms with Crippen molar-refractivity contribution >= 4 is 34.4 Å². The van der Waals surface area contributed by atoms with E-state index < -0.39 is 11.9 Å². The predicted molar refractivity (Wildman–Crippen MR) is 93.8 cm³/mol. The number of anilines is 1. The minimum absolute atomic E-state index is 0.0269. The summed E-state index contributed by atoms with van der Waals surface area (Å²) in [5, 5.41) is 18.4. The highest BCUT2D eigenvalue weighted by molar-refractivity contribution is 6.30. The summed E-state index contributed by atoms with van der Waals surface area (Å²) in [6, 6.07) is -0.392. The molecule has 2 aromatic rings. The highest BCUT2D eigenvalue weighted by Crippen LogP contribution is 2.36. The molecule has 9 nitrogen and oxygen atoms in total. The van der Waals surface area contributed by atoms with Crippen LogP contribution >= 0.6 is 11.6 Å². The molecule has 144 valence electrons. The largest absolute Gasteiger partial charge is 0.465 e. The quantitative estimate of drug-likeness (QED) is 0.747. The van der Waals surface area contributed by atoms with E-state index in [2.05, 4.69) is 15.0 Å². The summed E-state index contributed by atoms with van der Waals surface area (Å²) in [7, 11) is 0. The lowest BCUT2D eigenvalue weighted by molar-refractivity contribution is 0.114. The molecule has 0 spiro atoms. The molecule has 2 aromatic heterocycles. The van der Waals surface area contributed by atoms with Gasteiger partial charge in [0.15, 0.2) is 11.0 Å². The van der Waals surface area contributed by atoms with Crippen LogP contribution < -0.4 is 9.64 Å². The van der Waals surface area contributed by atoms with Gasteiger partial charge in [0.1, 0.15) is 17.9 Å². The van der Waals surface area contributed by atoms with E-state index in [0.29, 0.717) is 24.3 Å². The fourth-order valence-corrected chi connectivity index (χ4v) is 3.97. The highest BCUT2D eigenvalue weighted by atomic mass is 35.5. The van der Waals surface area contributed by atoms with Gasteiger partial charge in [-0.2, -0.15) is 9.97 Å². The third-order valence-electron chi connectivity index (χ3n) is 4.93. The molecular formula is C16H17ClFN5O4. The maximum Gasteiger partial charge on any atom is 0.407 e. The predicted octanol–water partition coefficient (Wildman–Crippen LogP) is 1.52. The van der Waals surface area contributed by atoms with Gasteiger partial charge in [-0.05, 0) is 12.8 Å². The lowest BCUT2D eigenvalue weighted by atomic mass is 10.2. The molecule has 11 heteroatoms. The molecule has 2 aliphatic rings. The number of carboxylic acid groups (broad SMARTS) is 1. The van der Waals surface area contributed by atoms with Gasteiger partial charge in [0.05, 0.1) is 24.1 Å². The molecule has 4 heterocycles. The normalized spacial score (nSPS) is 21.7. The number of piperazine rings is 1. The number of hydrogen-bond donors (Lipinski definition) is 2. The molecule has 1 amide bonds. The van der Waals surface area contributed by atoms with Crippen LogP contribution in [0.25, 0.3) is 10.9 Å². The number of halogens is 2. The van der Waals surface area contributed by atoms with Gasteiger partial charge in [0, 0.05) is 19.3 Å². The van der Waals surface area contributed by atoms with Gasteiger partial charge in [0.2, 0.25) is 0 Å². The van der Waals surface area contributed by atoms with Crippen molar-refractivity contribution in [3.05, 3.63) is 17.2 Å². The third-order valence-corrected chi connectivity index (χ3v) is 5.19. The molecule has 27 heavy (non-hydrogen) atoms. The average molecular weight is 398 g/mol.